The molecule has 0 spiro atoms. The summed E-state index contributed by atoms with van der Waals surface area (Å²) in [4.78, 5) is 13.8. The fourth-order valence-corrected chi connectivity index (χ4v) is 2.07. The van der Waals surface area contributed by atoms with Crippen molar-refractivity contribution in [2.45, 2.75) is 12.8 Å². The molecule has 1 heterocycles. The smallest absolute Gasteiger partial charge is 0.314 e. The number of carbonyl (C=O) groups is 1. The number of benzene rings is 1. The van der Waals surface area contributed by atoms with Crippen molar-refractivity contribution >= 4 is 29.9 Å². The number of hydrogen-bond donors (Lipinski definition) is 0. The van der Waals surface area contributed by atoms with Crippen molar-refractivity contribution in [1.29, 1.82) is 0 Å². The van der Waals surface area contributed by atoms with Crippen LogP contribution in [0, 0.1) is 29.2 Å². The lowest BCUT2D eigenvalue weighted by Crippen LogP contribution is -2.35. The molecule has 2 rings (SSSR count). The number of hydrogen-bond acceptors (Lipinski definition) is 3. The molecular weight excluding hydrogens is 405 g/mol. The third-order valence-corrected chi connectivity index (χ3v) is 3.33. The Hall–Kier alpha value is -0.900. The number of ether oxygens (including phenoxy) is 1. The highest BCUT2D eigenvalue weighted by molar-refractivity contribution is 14.0. The maximum Gasteiger partial charge on any atom is 0.314 e. The van der Waals surface area contributed by atoms with E-state index in [-0.39, 0.29) is 30.0 Å². The second-order valence-electron chi connectivity index (χ2n) is 4.80. The quantitative estimate of drug-likeness (QED) is 0.243. The van der Waals surface area contributed by atoms with Gasteiger partial charge in [-0.15, -0.1) is 24.0 Å². The average Bonchev–Trinajstić information content (AvgIpc) is 2.42. The van der Waals surface area contributed by atoms with Gasteiger partial charge in [0.15, 0.2) is 11.6 Å². The van der Waals surface area contributed by atoms with Crippen LogP contribution in [0.25, 0.3) is 0 Å². The summed E-state index contributed by atoms with van der Waals surface area (Å²) in [5, 5.41) is 0. The van der Waals surface area contributed by atoms with Crippen molar-refractivity contribution in [2.75, 3.05) is 20.1 Å². The summed E-state index contributed by atoms with van der Waals surface area (Å²) in [5.74, 6) is -9.33. The van der Waals surface area contributed by atoms with Crippen molar-refractivity contribution in [2.24, 2.45) is 5.92 Å². The molecule has 118 valence electrons. The molecule has 1 aromatic rings. The first-order chi connectivity index (χ1) is 9.40. The zero-order valence-electron chi connectivity index (χ0n) is 11.2. The maximum atomic E-state index is 13.4. The standard InChI is InChI=1S/C13H13F4NO2.HI/c1-18-4-2-7(3-5-18)13(19)20-12-10(16)8(14)6-9(15)11(12)17;/h6-7H,2-5H2,1H3;1H. The van der Waals surface area contributed by atoms with E-state index < -0.39 is 40.9 Å². The zero-order chi connectivity index (χ0) is 14.9. The number of halogens is 5. The minimum atomic E-state index is -1.70. The molecular formula is C13H14F4INO2. The summed E-state index contributed by atoms with van der Waals surface area (Å²) in [5.41, 5.74) is 0. The van der Waals surface area contributed by atoms with E-state index >= 15 is 0 Å². The third-order valence-electron chi connectivity index (χ3n) is 3.33. The van der Waals surface area contributed by atoms with Crippen LogP contribution in [0.5, 0.6) is 5.75 Å². The molecule has 0 atom stereocenters. The van der Waals surface area contributed by atoms with Gasteiger partial charge < -0.3 is 9.64 Å². The van der Waals surface area contributed by atoms with Crippen LogP contribution in [-0.4, -0.2) is 31.0 Å². The number of piperidine rings is 1. The number of likely N-dealkylation sites (tertiary alicyclic amines) is 1. The Bertz CT molecular complexity index is 507. The van der Waals surface area contributed by atoms with Gasteiger partial charge in [0, 0.05) is 6.07 Å². The first kappa shape index (κ1) is 18.1. The molecule has 8 heteroatoms. The molecule has 0 aliphatic carbocycles. The van der Waals surface area contributed by atoms with Gasteiger partial charge in [-0.25, -0.2) is 8.78 Å². The average molecular weight is 419 g/mol. The summed E-state index contributed by atoms with van der Waals surface area (Å²) in [6, 6.07) is 0.0670. The summed E-state index contributed by atoms with van der Waals surface area (Å²) >= 11 is 0. The van der Waals surface area contributed by atoms with Crippen LogP contribution in [0.3, 0.4) is 0 Å². The van der Waals surface area contributed by atoms with E-state index in [1.165, 1.54) is 0 Å². The van der Waals surface area contributed by atoms with Crippen LogP contribution in [0.1, 0.15) is 12.8 Å². The molecule has 1 aliphatic rings. The fourth-order valence-electron chi connectivity index (χ4n) is 2.07. The molecule has 0 bridgehead atoms. The van der Waals surface area contributed by atoms with Gasteiger partial charge in [0.05, 0.1) is 5.92 Å². The van der Waals surface area contributed by atoms with Crippen molar-refractivity contribution in [3.05, 3.63) is 29.3 Å². The number of nitrogens with zero attached hydrogens (tertiary/aromatic N) is 1. The second-order valence-corrected chi connectivity index (χ2v) is 4.80. The summed E-state index contributed by atoms with van der Waals surface area (Å²) < 4.78 is 57.2. The topological polar surface area (TPSA) is 29.5 Å². The van der Waals surface area contributed by atoms with E-state index in [2.05, 4.69) is 4.74 Å². The zero-order valence-corrected chi connectivity index (χ0v) is 13.5. The number of rotatable bonds is 2. The van der Waals surface area contributed by atoms with Gasteiger partial charge in [0.1, 0.15) is 0 Å². The van der Waals surface area contributed by atoms with Crippen LogP contribution in [0.2, 0.25) is 0 Å². The lowest BCUT2D eigenvalue weighted by Gasteiger charge is -2.27. The second kappa shape index (κ2) is 7.39. The first-order valence-corrected chi connectivity index (χ1v) is 6.13. The Morgan fingerprint density at radius 2 is 1.62 bits per heavy atom. The Labute approximate surface area is 136 Å². The number of esters is 1. The molecule has 0 aromatic heterocycles. The molecule has 1 aromatic carbocycles. The van der Waals surface area contributed by atoms with E-state index in [0.717, 1.165) is 0 Å². The van der Waals surface area contributed by atoms with Crippen molar-refractivity contribution in [1.82, 2.24) is 4.90 Å². The summed E-state index contributed by atoms with van der Waals surface area (Å²) in [7, 11) is 1.88. The molecule has 0 unspecified atom stereocenters. The van der Waals surface area contributed by atoms with Crippen LogP contribution < -0.4 is 4.74 Å². The Morgan fingerprint density at radius 3 is 2.10 bits per heavy atom. The van der Waals surface area contributed by atoms with Gasteiger partial charge in [-0.05, 0) is 33.0 Å². The summed E-state index contributed by atoms with van der Waals surface area (Å²) in [6.45, 7) is 1.28. The summed E-state index contributed by atoms with van der Waals surface area (Å²) in [6.07, 6.45) is 0.937. The van der Waals surface area contributed by atoms with E-state index in [1.807, 2.05) is 11.9 Å². The molecule has 3 nitrogen and oxygen atoms in total. The predicted octanol–water partition coefficient (Wildman–Crippen LogP) is 3.11. The minimum absolute atomic E-state index is 0. The van der Waals surface area contributed by atoms with Crippen molar-refractivity contribution in [3.63, 3.8) is 0 Å². The van der Waals surface area contributed by atoms with Gasteiger partial charge in [-0.2, -0.15) is 8.78 Å². The Morgan fingerprint density at radius 1 is 1.14 bits per heavy atom. The molecule has 21 heavy (non-hydrogen) atoms. The van der Waals surface area contributed by atoms with Gasteiger partial charge in [0.25, 0.3) is 0 Å². The number of carbonyl (C=O) groups excluding carboxylic acids is 1. The molecule has 1 fully saturated rings. The van der Waals surface area contributed by atoms with Crippen LogP contribution in [0.4, 0.5) is 17.6 Å². The normalized spacial score (nSPS) is 16.4. The maximum absolute atomic E-state index is 13.4. The van der Waals surface area contributed by atoms with E-state index in [9.17, 15) is 22.4 Å². The molecule has 0 N–H and O–H groups in total. The van der Waals surface area contributed by atoms with E-state index in [4.69, 9.17) is 0 Å². The van der Waals surface area contributed by atoms with E-state index in [0.29, 0.717) is 25.9 Å². The monoisotopic (exact) mass is 419 g/mol. The fraction of sp³-hybridized carbons (Fsp3) is 0.462. The highest BCUT2D eigenvalue weighted by Crippen LogP contribution is 2.28. The third kappa shape index (κ3) is 4.06. The predicted molar refractivity (Wildman–Crippen MR) is 77.5 cm³/mol. The molecule has 0 radical (unpaired) electrons. The molecule has 1 saturated heterocycles. The first-order valence-electron chi connectivity index (χ1n) is 6.13. The van der Waals surface area contributed by atoms with E-state index in [1.54, 1.807) is 0 Å². The lowest BCUT2D eigenvalue weighted by molar-refractivity contribution is -0.140. The van der Waals surface area contributed by atoms with Gasteiger partial charge in [-0.3, -0.25) is 4.79 Å². The van der Waals surface area contributed by atoms with Gasteiger partial charge in [-0.1, -0.05) is 0 Å². The van der Waals surface area contributed by atoms with Crippen LogP contribution in [-0.2, 0) is 4.79 Å². The Kier molecular flexibility index (Phi) is 6.39. The SMILES string of the molecule is CN1CCC(C(=O)Oc2c(F)c(F)cc(F)c2F)CC1.I. The van der Waals surface area contributed by atoms with Crippen LogP contribution in [0.15, 0.2) is 6.07 Å². The molecule has 0 amide bonds. The highest BCUT2D eigenvalue weighted by Gasteiger charge is 2.29. The van der Waals surface area contributed by atoms with Crippen molar-refractivity contribution in [3.8, 4) is 5.75 Å². The molecule has 1 aliphatic heterocycles. The minimum Gasteiger partial charge on any atom is -0.420 e. The largest absolute Gasteiger partial charge is 0.420 e. The van der Waals surface area contributed by atoms with Crippen molar-refractivity contribution < 1.29 is 27.1 Å². The Balaban J connectivity index is 0.00000220. The molecule has 0 saturated carbocycles. The van der Waals surface area contributed by atoms with Gasteiger partial charge in [0.2, 0.25) is 17.4 Å². The lowest BCUT2D eigenvalue weighted by atomic mass is 9.97. The van der Waals surface area contributed by atoms with Crippen LogP contribution >= 0.6 is 24.0 Å². The highest BCUT2D eigenvalue weighted by atomic mass is 127. The van der Waals surface area contributed by atoms with Gasteiger partial charge >= 0.3 is 5.97 Å².